The SMILES string of the molecule is C/C1=C/C=C/C(C)CCC(O)C[C@H](OC(=O)CC(=O)N2CCN(Cc3ccccc3)CC2)CC/C=C/OC2(C)Oc3c(C)c(O)c4c(c3C2=O)C2=NC3(CCN(CC(C)C)CC3)NC2=C(NC1=O)C4=O. The van der Waals surface area contributed by atoms with Crippen molar-refractivity contribution in [1.82, 2.24) is 25.3 Å². The minimum atomic E-state index is -1.91. The van der Waals surface area contributed by atoms with E-state index in [4.69, 9.17) is 19.2 Å². The summed E-state index contributed by atoms with van der Waals surface area (Å²) in [5.74, 6) is -4.55. The Morgan fingerprint density at radius 2 is 1.67 bits per heavy atom. The molecular formula is C54H68N6O10. The maximum absolute atomic E-state index is 14.7. The molecule has 7 aliphatic rings. The molecule has 5 bridgehead atoms. The lowest BCUT2D eigenvalue weighted by Gasteiger charge is -2.38. The van der Waals surface area contributed by atoms with Crippen LogP contribution < -0.4 is 15.4 Å². The third-order valence-corrected chi connectivity index (χ3v) is 14.2. The lowest BCUT2D eigenvalue weighted by Crippen LogP contribution is -2.50. The number of rotatable bonds is 7. The van der Waals surface area contributed by atoms with Gasteiger partial charge in [-0.1, -0.05) is 69.3 Å². The number of Topliss-reactive ketones (excluding diaryl/α,β-unsaturated/α-hetero) is 2. The van der Waals surface area contributed by atoms with Crippen LogP contribution in [0.4, 0.5) is 0 Å². The molecule has 3 unspecified atom stereocenters. The quantitative estimate of drug-likeness (QED) is 0.187. The summed E-state index contributed by atoms with van der Waals surface area (Å²) in [6, 6.07) is 10.2. The van der Waals surface area contributed by atoms with Crippen LogP contribution in [0.5, 0.6) is 11.5 Å². The molecule has 6 aliphatic heterocycles. The molecule has 6 heterocycles. The van der Waals surface area contributed by atoms with Crippen molar-refractivity contribution in [3.05, 3.63) is 106 Å². The third-order valence-electron chi connectivity index (χ3n) is 14.2. The van der Waals surface area contributed by atoms with E-state index in [0.717, 1.165) is 26.2 Å². The van der Waals surface area contributed by atoms with Crippen molar-refractivity contribution >= 4 is 35.1 Å². The molecule has 70 heavy (non-hydrogen) atoms. The van der Waals surface area contributed by atoms with Crippen molar-refractivity contribution in [2.24, 2.45) is 16.8 Å². The largest absolute Gasteiger partial charge is 0.507 e. The molecule has 2 aromatic carbocycles. The fourth-order valence-corrected chi connectivity index (χ4v) is 10.2. The lowest BCUT2D eigenvalue weighted by molar-refractivity contribution is -0.155. The van der Waals surface area contributed by atoms with Gasteiger partial charge in [-0.3, -0.25) is 33.9 Å². The molecule has 2 saturated heterocycles. The van der Waals surface area contributed by atoms with Crippen molar-refractivity contribution in [2.75, 3.05) is 45.8 Å². The van der Waals surface area contributed by atoms with Gasteiger partial charge in [0.15, 0.2) is 0 Å². The number of ketones is 2. The number of piperazine rings is 1. The van der Waals surface area contributed by atoms with E-state index < -0.39 is 59.3 Å². The minimum Gasteiger partial charge on any atom is -0.507 e. The Bertz CT molecular complexity index is 2530. The van der Waals surface area contributed by atoms with Gasteiger partial charge < -0.3 is 44.9 Å². The second-order valence-corrected chi connectivity index (χ2v) is 20.3. The molecule has 374 valence electrons. The highest BCUT2D eigenvalue weighted by molar-refractivity contribution is 6.34. The van der Waals surface area contributed by atoms with Crippen LogP contribution >= 0.6 is 0 Å². The zero-order chi connectivity index (χ0) is 49.9. The minimum absolute atomic E-state index is 0.00384. The highest BCUT2D eigenvalue weighted by atomic mass is 16.7. The highest BCUT2D eigenvalue weighted by Gasteiger charge is 2.54. The molecule has 16 heteroatoms. The highest BCUT2D eigenvalue weighted by Crippen LogP contribution is 2.50. The summed E-state index contributed by atoms with van der Waals surface area (Å²) in [5.41, 5.74) is 1.32. The summed E-state index contributed by atoms with van der Waals surface area (Å²) >= 11 is 0. The van der Waals surface area contributed by atoms with Crippen molar-refractivity contribution in [2.45, 2.75) is 123 Å². The van der Waals surface area contributed by atoms with E-state index in [0.29, 0.717) is 69.8 Å². The van der Waals surface area contributed by atoms with Gasteiger partial charge in [0, 0.05) is 95.2 Å². The van der Waals surface area contributed by atoms with E-state index in [1.54, 1.807) is 37.0 Å². The number of piperidine rings is 1. The van der Waals surface area contributed by atoms with Gasteiger partial charge in [0.05, 0.1) is 34.9 Å². The number of likely N-dealkylation sites (tertiary alicyclic amines) is 1. The molecule has 0 aromatic heterocycles. The lowest BCUT2D eigenvalue weighted by atomic mass is 9.82. The van der Waals surface area contributed by atoms with Crippen LogP contribution in [-0.4, -0.2) is 129 Å². The molecule has 2 fully saturated rings. The number of aliphatic hydroxyl groups excluding tert-OH is 1. The van der Waals surface area contributed by atoms with Gasteiger partial charge in [0.25, 0.3) is 11.7 Å². The first-order chi connectivity index (χ1) is 33.4. The Kier molecular flexibility index (Phi) is 15.2. The molecular weight excluding hydrogens is 893 g/mol. The predicted molar refractivity (Wildman–Crippen MR) is 263 cm³/mol. The van der Waals surface area contributed by atoms with Gasteiger partial charge in [-0.05, 0) is 63.0 Å². The van der Waals surface area contributed by atoms with Crippen LogP contribution in [0.1, 0.15) is 123 Å². The average Bonchev–Trinajstić information content (AvgIpc) is 3.82. The number of phenolic OH excluding ortho intramolecular Hbond substituents is 1. The van der Waals surface area contributed by atoms with Gasteiger partial charge in [0.1, 0.15) is 35.4 Å². The first-order valence-corrected chi connectivity index (χ1v) is 24.9. The molecule has 4 atom stereocenters. The molecule has 0 radical (unpaired) electrons. The smallest absolute Gasteiger partial charge is 0.315 e. The number of amides is 2. The van der Waals surface area contributed by atoms with Crippen molar-refractivity contribution in [1.29, 1.82) is 0 Å². The number of aliphatic hydroxyl groups is 1. The number of hydrogen-bond donors (Lipinski definition) is 4. The first kappa shape index (κ1) is 50.3. The Morgan fingerprint density at radius 3 is 2.39 bits per heavy atom. The number of esters is 1. The number of nitrogens with one attached hydrogen (secondary N) is 2. The Hall–Kier alpha value is -6.10. The standard InChI is InChI=1S/C54H68N6O10/c1-33(2)31-58-22-20-54(21-23-58)56-45-42-43-48(64)36(5)50-44(42)51(66)53(6,70-50)68-28-11-10-17-39(69-41(63)30-40(62)60-26-24-59(25-27-60)32-37-15-8-7-9-16-37)29-38(61)19-18-34(3)13-12-14-35(4)52(67)55-47(49(43)65)46(45)57-54/h7-9,11-16,28,33-34,38-39,57,61,64H,10,17-27,29-32H2,1-6H3,(H,55,67)/b13-12+,28-11+,35-14-/t34?,38?,39-,53?/m1/s1. The normalized spacial score (nSPS) is 27.2. The molecule has 2 amide bonds. The summed E-state index contributed by atoms with van der Waals surface area (Å²) in [4.78, 5) is 81.6. The van der Waals surface area contributed by atoms with Gasteiger partial charge in [0.2, 0.25) is 11.7 Å². The van der Waals surface area contributed by atoms with E-state index in [1.165, 1.54) is 18.7 Å². The maximum atomic E-state index is 14.7. The van der Waals surface area contributed by atoms with E-state index >= 15 is 0 Å². The number of carbonyl (C=O) groups excluding carboxylic acids is 5. The summed E-state index contributed by atoms with van der Waals surface area (Å²) in [5, 5.41) is 29.4. The number of benzene rings is 2. The first-order valence-electron chi connectivity index (χ1n) is 24.9. The maximum Gasteiger partial charge on any atom is 0.315 e. The molecule has 16 nitrogen and oxygen atoms in total. The number of nitrogens with zero attached hydrogens (tertiary/aromatic N) is 4. The van der Waals surface area contributed by atoms with Crippen LogP contribution in [-0.2, 0) is 30.4 Å². The fourth-order valence-electron chi connectivity index (χ4n) is 10.2. The number of aromatic hydroxyl groups is 1. The molecule has 1 aliphatic carbocycles. The van der Waals surface area contributed by atoms with Crippen molar-refractivity contribution in [3.8, 4) is 11.5 Å². The zero-order valence-corrected chi connectivity index (χ0v) is 41.3. The third kappa shape index (κ3) is 10.9. The monoisotopic (exact) mass is 960 g/mol. The number of fused-ring (bicyclic) bond motifs is 13. The summed E-state index contributed by atoms with van der Waals surface area (Å²) < 4.78 is 18.3. The molecule has 4 N–H and O–H groups in total. The summed E-state index contributed by atoms with van der Waals surface area (Å²) in [7, 11) is 0. The average molecular weight is 961 g/mol. The van der Waals surface area contributed by atoms with Crippen LogP contribution in [0.3, 0.4) is 0 Å². The number of carbonyl (C=O) groups is 5. The number of hydrogen-bond acceptors (Lipinski definition) is 14. The van der Waals surface area contributed by atoms with E-state index in [9.17, 15) is 34.2 Å². The summed E-state index contributed by atoms with van der Waals surface area (Å²) in [6.07, 6.45) is 9.28. The van der Waals surface area contributed by atoms with Gasteiger partial charge in [-0.15, -0.1) is 0 Å². The second kappa shape index (κ2) is 21.1. The Labute approximate surface area is 410 Å². The molecule has 2 aromatic rings. The van der Waals surface area contributed by atoms with Crippen LogP contribution in [0, 0.1) is 18.8 Å². The molecule has 1 spiro atoms. The van der Waals surface area contributed by atoms with Crippen molar-refractivity contribution in [3.63, 3.8) is 0 Å². The fraction of sp³-hybridized carbons (Fsp3) is 0.519. The molecule has 9 rings (SSSR count). The molecule has 0 saturated carbocycles. The number of phenols is 1. The van der Waals surface area contributed by atoms with E-state index in [-0.39, 0.29) is 69.8 Å². The second-order valence-electron chi connectivity index (χ2n) is 20.3. The topological polar surface area (TPSA) is 200 Å². The van der Waals surface area contributed by atoms with Crippen LogP contribution in [0.15, 0.2) is 82.9 Å². The predicted octanol–water partition coefficient (Wildman–Crippen LogP) is 6.00. The van der Waals surface area contributed by atoms with Crippen LogP contribution in [0.2, 0.25) is 0 Å². The Balaban J connectivity index is 1.03. The number of ether oxygens (including phenoxy) is 3. The van der Waals surface area contributed by atoms with E-state index in [2.05, 4.69) is 46.4 Å². The van der Waals surface area contributed by atoms with E-state index in [1.807, 2.05) is 31.2 Å². The van der Waals surface area contributed by atoms with Gasteiger partial charge in [-0.2, -0.15) is 0 Å². The van der Waals surface area contributed by atoms with Gasteiger partial charge >= 0.3 is 11.8 Å². The number of aliphatic imine (C=N–C) groups is 1. The van der Waals surface area contributed by atoms with Gasteiger partial charge in [-0.25, -0.2) is 0 Å². The zero-order valence-electron chi connectivity index (χ0n) is 41.3. The summed E-state index contributed by atoms with van der Waals surface area (Å²) in [6.45, 7) is 16.5. The Morgan fingerprint density at radius 1 is 0.943 bits per heavy atom. The van der Waals surface area contributed by atoms with Crippen LogP contribution in [0.25, 0.3) is 0 Å². The van der Waals surface area contributed by atoms with Crippen molar-refractivity contribution < 1.29 is 48.4 Å². The number of allylic oxidation sites excluding steroid dienone is 6.